The number of hydrogen-bond acceptors (Lipinski definition) is 22. The molecule has 488 valence electrons. The molecule has 29 heteroatoms. The van der Waals surface area contributed by atoms with Gasteiger partial charge in [-0.1, -0.05) is 23.2 Å². The fourth-order valence-corrected chi connectivity index (χ4v) is 14.8. The average molecular weight is 1360 g/mol. The molecule has 0 spiro atoms. The molecule has 2 aliphatic rings. The number of nitrogen functional groups attached to an aromatic ring is 1. The molecular weight excluding hydrogens is 1280 g/mol. The number of fused-ring (bicyclic) bond motifs is 2. The molecule has 24 nitrogen and oxygen atoms in total. The number of aromatic nitrogens is 12. The minimum atomic E-state index is -2.79. The van der Waals surface area contributed by atoms with E-state index in [1.807, 2.05) is 61.8 Å². The molecule has 93 heavy (non-hydrogen) atoms. The van der Waals surface area contributed by atoms with Crippen molar-refractivity contribution in [1.29, 1.82) is 0 Å². The summed E-state index contributed by atoms with van der Waals surface area (Å²) < 4.78 is 41.2. The Labute approximate surface area is 556 Å². The van der Waals surface area contributed by atoms with E-state index in [0.717, 1.165) is 85.6 Å². The van der Waals surface area contributed by atoms with Gasteiger partial charge in [0.25, 0.3) is 0 Å². The smallest absolute Gasteiger partial charge is 0.229 e. The van der Waals surface area contributed by atoms with Crippen molar-refractivity contribution in [2.45, 2.75) is 37.8 Å². The number of piperidine rings is 2. The van der Waals surface area contributed by atoms with E-state index in [4.69, 9.17) is 55.0 Å². The number of nitrogens with two attached hydrogens (primary N) is 1. The highest BCUT2D eigenvalue weighted by Crippen LogP contribution is 2.45. The summed E-state index contributed by atoms with van der Waals surface area (Å²) in [6, 6.07) is 16.6. The van der Waals surface area contributed by atoms with Gasteiger partial charge in [0.15, 0.2) is 11.6 Å². The molecule has 0 unspecified atom stereocenters. The molecular formula is C64H77Cl3N20O4P2. The van der Waals surface area contributed by atoms with E-state index < -0.39 is 14.3 Å². The van der Waals surface area contributed by atoms with Crippen LogP contribution in [-0.2, 0) is 23.2 Å². The Balaban J connectivity index is 0.000000169. The molecule has 8 heterocycles. The summed E-state index contributed by atoms with van der Waals surface area (Å²) in [5.41, 5.74) is 17.6. The number of benzene rings is 4. The van der Waals surface area contributed by atoms with Crippen molar-refractivity contribution in [2.24, 2.45) is 14.1 Å². The topological polar surface area (TPSA) is 266 Å². The maximum absolute atomic E-state index is 13.4. The quantitative estimate of drug-likeness (QED) is 0.0398. The van der Waals surface area contributed by atoms with Crippen molar-refractivity contribution < 1.29 is 18.6 Å². The average Bonchev–Trinajstić information content (AvgIpc) is 1.19. The van der Waals surface area contributed by atoms with E-state index in [1.165, 1.54) is 18.1 Å². The molecule has 0 aliphatic carbocycles. The summed E-state index contributed by atoms with van der Waals surface area (Å²) in [6.07, 6.45) is 21.6. The molecule has 0 bridgehead atoms. The van der Waals surface area contributed by atoms with Gasteiger partial charge in [0, 0.05) is 135 Å². The SMILES string of the molecule is COc1cc(N2CCC(N(C)C)CC2)c(-c2cnn(C)c2)cc1N.COc1cc(N2CCC(N(C)C)CC2)c(-c2cnn(C)c2)cc1Nc1ncc(Cl)c(Nc2ccc3nccnc3c2P(C)(C)=O)n1.CP(C)(=O)c1c(Nc2nc(Cl)ncc2Cl)ccc2nccnc12. The minimum absolute atomic E-state index is 0.0650. The minimum Gasteiger partial charge on any atom is -0.495 e. The van der Waals surface area contributed by atoms with E-state index in [0.29, 0.717) is 101 Å². The lowest BCUT2D eigenvalue weighted by Crippen LogP contribution is -2.42. The number of halogens is 3. The molecule has 2 aliphatic heterocycles. The normalized spacial score (nSPS) is 14.0. The van der Waals surface area contributed by atoms with Gasteiger partial charge in [-0.25, -0.2) is 9.97 Å². The lowest BCUT2D eigenvalue weighted by molar-refractivity contribution is 0.249. The molecule has 4 aromatic carbocycles. The number of hydrogen-bond donors (Lipinski definition) is 4. The standard InChI is InChI=1S/C32H38ClN10O2P.C18H27N5O.C14H12Cl2N5OP/c1-41(2)21-9-13-43(14-10-21)27-16-28(45-4)26(15-22(27)20-17-37-42(3)19-20)39-32-36-18-23(33)31(40-32)38-25-8-7-24-29(35-12-11-34-24)30(25)46(5,6)44;1-21(2)14-5-7-23(8-6-14)17-10-18(24-4)16(19)9-15(17)13-11-20-22(3)12-13;1-23(2,22)12-10(4-3-9-11(12)18-6-5-17-9)20-13-8(15)7-19-14(16)21-13/h7-8,11-12,15-19,21H,9-10,13-14H2,1-6H3,(H2,36,38,39,40);9-12,14H,5-8,19H2,1-4H3;3-7H,1-2H3,(H,19,20,21). The van der Waals surface area contributed by atoms with Gasteiger partial charge in [0.1, 0.15) is 46.9 Å². The van der Waals surface area contributed by atoms with E-state index in [2.05, 4.69) is 127 Å². The number of rotatable bonds is 16. The Morgan fingerprint density at radius 1 is 0.548 bits per heavy atom. The van der Waals surface area contributed by atoms with Crippen LogP contribution in [0, 0.1) is 0 Å². The van der Waals surface area contributed by atoms with Crippen LogP contribution < -0.4 is 51.6 Å². The second kappa shape index (κ2) is 29.0. The summed E-state index contributed by atoms with van der Waals surface area (Å²) in [6.45, 7) is 10.7. The van der Waals surface area contributed by atoms with Gasteiger partial charge in [-0.2, -0.15) is 20.2 Å². The second-order valence-electron chi connectivity index (χ2n) is 23.9. The van der Waals surface area contributed by atoms with Crippen molar-refractivity contribution in [3.63, 3.8) is 0 Å². The molecule has 10 aromatic rings. The molecule has 0 saturated carbocycles. The summed E-state index contributed by atoms with van der Waals surface area (Å²) in [7, 11) is 10.3. The van der Waals surface area contributed by atoms with Gasteiger partial charge in [-0.3, -0.25) is 29.3 Å². The van der Waals surface area contributed by atoms with Crippen molar-refractivity contribution >= 4 is 133 Å². The molecule has 5 N–H and O–H groups in total. The van der Waals surface area contributed by atoms with Crippen LogP contribution in [0.15, 0.2) is 110 Å². The van der Waals surface area contributed by atoms with Crippen LogP contribution in [0.5, 0.6) is 11.5 Å². The molecule has 0 radical (unpaired) electrons. The van der Waals surface area contributed by atoms with E-state index in [1.54, 1.807) is 82.5 Å². The first-order valence-corrected chi connectivity index (χ1v) is 36.3. The first kappa shape index (κ1) is 67.7. The van der Waals surface area contributed by atoms with E-state index in [9.17, 15) is 9.13 Å². The Hall–Kier alpha value is -8.21. The van der Waals surface area contributed by atoms with Crippen molar-refractivity contribution in [1.82, 2.24) is 69.2 Å². The number of aryl methyl sites for hydroxylation is 2. The third kappa shape index (κ3) is 15.9. The van der Waals surface area contributed by atoms with Crippen LogP contribution in [0.3, 0.4) is 0 Å². The van der Waals surface area contributed by atoms with Crippen molar-refractivity contribution in [3.8, 4) is 33.8 Å². The lowest BCUT2D eigenvalue weighted by Gasteiger charge is -2.37. The van der Waals surface area contributed by atoms with Gasteiger partial charge in [0.2, 0.25) is 11.2 Å². The molecule has 0 atom stereocenters. The van der Waals surface area contributed by atoms with Gasteiger partial charge in [-0.15, -0.1) is 0 Å². The van der Waals surface area contributed by atoms with E-state index >= 15 is 0 Å². The first-order valence-electron chi connectivity index (χ1n) is 30.0. The van der Waals surface area contributed by atoms with Crippen LogP contribution in [0.1, 0.15) is 25.7 Å². The first-order chi connectivity index (χ1) is 44.4. The maximum atomic E-state index is 13.4. The predicted octanol–water partition coefficient (Wildman–Crippen LogP) is 11.7. The van der Waals surface area contributed by atoms with Gasteiger partial charge in [0.05, 0.1) is 83.4 Å². The Kier molecular flexibility index (Phi) is 21.1. The lowest BCUT2D eigenvalue weighted by atomic mass is 9.99. The molecule has 2 saturated heterocycles. The molecule has 6 aromatic heterocycles. The zero-order valence-electron chi connectivity index (χ0n) is 54.1. The van der Waals surface area contributed by atoms with Gasteiger partial charge in [-0.05, 0) is 129 Å². The van der Waals surface area contributed by atoms with Crippen molar-refractivity contribution in [2.75, 3.05) is 127 Å². The zero-order valence-corrected chi connectivity index (χ0v) is 58.2. The number of ether oxygens (including phenoxy) is 2. The maximum Gasteiger partial charge on any atom is 0.229 e. The third-order valence-electron chi connectivity index (χ3n) is 16.3. The number of nitrogens with one attached hydrogen (secondary N) is 3. The van der Waals surface area contributed by atoms with Gasteiger partial charge < -0.3 is 59.9 Å². The Morgan fingerprint density at radius 3 is 1.43 bits per heavy atom. The largest absolute Gasteiger partial charge is 0.495 e. The highest BCUT2D eigenvalue weighted by molar-refractivity contribution is 7.71. The van der Waals surface area contributed by atoms with Crippen LogP contribution in [0.2, 0.25) is 15.3 Å². The molecule has 2 fully saturated rings. The van der Waals surface area contributed by atoms with Crippen LogP contribution in [0.4, 0.5) is 51.7 Å². The summed E-state index contributed by atoms with van der Waals surface area (Å²) in [4.78, 5) is 43.9. The molecule has 12 rings (SSSR count). The number of methoxy groups -OCH3 is 2. The highest BCUT2D eigenvalue weighted by Gasteiger charge is 2.29. The number of anilines is 9. The van der Waals surface area contributed by atoms with Crippen LogP contribution in [0.25, 0.3) is 44.3 Å². The fourth-order valence-electron chi connectivity index (χ4n) is 11.6. The Bertz CT molecular complexity index is 4410. The number of nitrogens with zero attached hydrogens (tertiary/aromatic N) is 16. The molecule has 0 amide bonds. The van der Waals surface area contributed by atoms with Crippen LogP contribution in [-0.4, -0.2) is 177 Å². The fraction of sp³-hybridized carbons (Fsp3) is 0.344. The predicted molar refractivity (Wildman–Crippen MR) is 379 cm³/mol. The van der Waals surface area contributed by atoms with Crippen LogP contribution >= 0.6 is 49.1 Å². The summed E-state index contributed by atoms with van der Waals surface area (Å²) >= 11 is 18.5. The second-order valence-corrected chi connectivity index (χ2v) is 31.4. The third-order valence-corrected chi connectivity index (χ3v) is 20.1. The van der Waals surface area contributed by atoms with Crippen molar-refractivity contribution in [3.05, 3.63) is 126 Å². The van der Waals surface area contributed by atoms with Gasteiger partial charge >= 0.3 is 0 Å². The highest BCUT2D eigenvalue weighted by atomic mass is 35.5. The summed E-state index contributed by atoms with van der Waals surface area (Å²) in [5.74, 6) is 2.37. The Morgan fingerprint density at radius 2 is 0.989 bits per heavy atom. The monoisotopic (exact) mass is 1360 g/mol. The summed E-state index contributed by atoms with van der Waals surface area (Å²) in [5, 5.41) is 20.3. The zero-order chi connectivity index (χ0) is 66.5. The van der Waals surface area contributed by atoms with E-state index in [-0.39, 0.29) is 5.28 Å².